The minimum absolute atomic E-state index is 0.154. The topological polar surface area (TPSA) is 66.4 Å². The van der Waals surface area contributed by atoms with Gasteiger partial charge >= 0.3 is 5.97 Å². The van der Waals surface area contributed by atoms with E-state index in [0.717, 1.165) is 16.0 Å². The number of aromatic carboxylic acids is 1. The molecular formula is C18H21NO3S. The third-order valence-electron chi connectivity index (χ3n) is 3.48. The average molecular weight is 331 g/mol. The van der Waals surface area contributed by atoms with Gasteiger partial charge in [0.05, 0.1) is 0 Å². The number of carboxylic acids is 1. The molecule has 0 unspecified atom stereocenters. The number of carbonyl (C=O) groups is 2. The Kier molecular flexibility index (Phi) is 5.21. The molecule has 0 radical (unpaired) electrons. The molecule has 4 nitrogen and oxygen atoms in total. The zero-order chi connectivity index (χ0) is 17.1. The van der Waals surface area contributed by atoms with Crippen LogP contribution in [-0.2, 0) is 4.79 Å². The van der Waals surface area contributed by atoms with Gasteiger partial charge in [0.15, 0.2) is 0 Å². The summed E-state index contributed by atoms with van der Waals surface area (Å²) < 4.78 is 0. The number of hydrogen-bond acceptors (Lipinski definition) is 3. The van der Waals surface area contributed by atoms with E-state index in [9.17, 15) is 14.7 Å². The van der Waals surface area contributed by atoms with Crippen LogP contribution in [0.2, 0.25) is 0 Å². The van der Waals surface area contributed by atoms with Crippen LogP contribution < -0.4 is 5.32 Å². The lowest BCUT2D eigenvalue weighted by Crippen LogP contribution is -2.15. The van der Waals surface area contributed by atoms with Crippen molar-refractivity contribution in [3.63, 3.8) is 0 Å². The van der Waals surface area contributed by atoms with Gasteiger partial charge in [0.1, 0.15) is 10.6 Å². The second kappa shape index (κ2) is 6.96. The molecule has 23 heavy (non-hydrogen) atoms. The van der Waals surface area contributed by atoms with Gasteiger partial charge in [-0.3, -0.25) is 4.79 Å². The van der Waals surface area contributed by atoms with Crippen LogP contribution in [0, 0.1) is 19.8 Å². The second-order valence-corrected chi connectivity index (χ2v) is 7.28. The number of benzene rings is 1. The van der Waals surface area contributed by atoms with Crippen molar-refractivity contribution in [2.24, 2.45) is 5.92 Å². The highest BCUT2D eigenvalue weighted by Gasteiger charge is 2.24. The average Bonchev–Trinajstić information content (AvgIpc) is 2.75. The predicted molar refractivity (Wildman–Crippen MR) is 94.3 cm³/mol. The molecule has 0 saturated carbocycles. The lowest BCUT2D eigenvalue weighted by molar-refractivity contribution is -0.116. The number of amides is 1. The van der Waals surface area contributed by atoms with Gasteiger partial charge in [0.25, 0.3) is 0 Å². The molecule has 1 aromatic heterocycles. The Morgan fingerprint density at radius 2 is 1.78 bits per heavy atom. The van der Waals surface area contributed by atoms with Crippen molar-refractivity contribution < 1.29 is 14.7 Å². The standard InChI is InChI=1S/C18H21NO3S/c1-10(2)9-14(20)19-17-16(18(21)22)15(12(4)23-17)13-7-5-11(3)6-8-13/h5-8,10H,9H2,1-4H3,(H,19,20)(H,21,22). The van der Waals surface area contributed by atoms with Crippen molar-refractivity contribution in [2.75, 3.05) is 5.32 Å². The molecular weight excluding hydrogens is 310 g/mol. The Hall–Kier alpha value is -2.14. The molecule has 1 amide bonds. The molecule has 0 aliphatic carbocycles. The molecule has 0 spiro atoms. The second-order valence-electron chi connectivity index (χ2n) is 6.05. The third kappa shape index (κ3) is 3.99. The van der Waals surface area contributed by atoms with Gasteiger partial charge in [0, 0.05) is 16.9 Å². The quantitative estimate of drug-likeness (QED) is 0.833. The summed E-state index contributed by atoms with van der Waals surface area (Å²) in [7, 11) is 0. The van der Waals surface area contributed by atoms with Crippen LogP contribution in [-0.4, -0.2) is 17.0 Å². The molecule has 0 saturated heterocycles. The lowest BCUT2D eigenvalue weighted by atomic mass is 10.0. The predicted octanol–water partition coefficient (Wildman–Crippen LogP) is 4.71. The molecule has 0 atom stereocenters. The van der Waals surface area contributed by atoms with Crippen LogP contribution in [0.15, 0.2) is 24.3 Å². The Bertz CT molecular complexity index is 729. The van der Waals surface area contributed by atoms with E-state index in [0.29, 0.717) is 17.0 Å². The zero-order valence-corrected chi connectivity index (χ0v) is 14.6. The van der Waals surface area contributed by atoms with Crippen molar-refractivity contribution >= 4 is 28.2 Å². The van der Waals surface area contributed by atoms with E-state index >= 15 is 0 Å². The summed E-state index contributed by atoms with van der Waals surface area (Å²) in [5.74, 6) is -0.954. The number of hydrogen-bond donors (Lipinski definition) is 2. The Morgan fingerprint density at radius 1 is 1.17 bits per heavy atom. The summed E-state index contributed by atoms with van der Waals surface area (Å²) in [6, 6.07) is 7.73. The largest absolute Gasteiger partial charge is 0.478 e. The fraction of sp³-hybridized carbons (Fsp3) is 0.333. The van der Waals surface area contributed by atoms with E-state index in [1.807, 2.05) is 52.0 Å². The number of carboxylic acid groups (broad SMARTS) is 1. The first-order valence-corrected chi connectivity index (χ1v) is 8.34. The zero-order valence-electron chi connectivity index (χ0n) is 13.8. The summed E-state index contributed by atoms with van der Waals surface area (Å²) >= 11 is 1.31. The summed E-state index contributed by atoms with van der Waals surface area (Å²) in [6.45, 7) is 7.77. The number of rotatable bonds is 5. The van der Waals surface area contributed by atoms with E-state index in [-0.39, 0.29) is 17.4 Å². The van der Waals surface area contributed by atoms with Gasteiger partial charge in [-0.05, 0) is 25.3 Å². The highest BCUT2D eigenvalue weighted by atomic mass is 32.1. The molecule has 122 valence electrons. The minimum atomic E-state index is -1.02. The number of anilines is 1. The van der Waals surface area contributed by atoms with Gasteiger partial charge in [-0.15, -0.1) is 11.3 Å². The summed E-state index contributed by atoms with van der Waals surface area (Å²) in [5, 5.41) is 12.8. The van der Waals surface area contributed by atoms with Crippen LogP contribution in [0.4, 0.5) is 5.00 Å². The molecule has 2 aromatic rings. The van der Waals surface area contributed by atoms with E-state index in [1.54, 1.807) is 0 Å². The number of carbonyl (C=O) groups excluding carboxylic acids is 1. The maximum absolute atomic E-state index is 12.0. The Balaban J connectivity index is 2.46. The van der Waals surface area contributed by atoms with E-state index < -0.39 is 5.97 Å². The smallest absolute Gasteiger partial charge is 0.339 e. The monoisotopic (exact) mass is 331 g/mol. The third-order valence-corrected chi connectivity index (χ3v) is 4.51. The molecule has 0 bridgehead atoms. The molecule has 2 N–H and O–H groups in total. The maximum atomic E-state index is 12.0. The van der Waals surface area contributed by atoms with Crippen LogP contribution >= 0.6 is 11.3 Å². The Morgan fingerprint density at radius 3 is 2.30 bits per heavy atom. The van der Waals surface area contributed by atoms with Crippen molar-refractivity contribution in [1.82, 2.24) is 0 Å². The molecule has 1 aromatic carbocycles. The van der Waals surface area contributed by atoms with E-state index in [4.69, 9.17) is 0 Å². The van der Waals surface area contributed by atoms with Crippen LogP contribution in [0.3, 0.4) is 0 Å². The molecule has 5 heteroatoms. The van der Waals surface area contributed by atoms with Gasteiger partial charge in [-0.2, -0.15) is 0 Å². The van der Waals surface area contributed by atoms with Gasteiger partial charge < -0.3 is 10.4 Å². The number of thiophene rings is 1. The van der Waals surface area contributed by atoms with Crippen molar-refractivity contribution in [3.05, 3.63) is 40.3 Å². The minimum Gasteiger partial charge on any atom is -0.478 e. The fourth-order valence-electron chi connectivity index (χ4n) is 2.45. The summed E-state index contributed by atoms with van der Waals surface area (Å²) in [6.07, 6.45) is 0.371. The first-order chi connectivity index (χ1) is 10.8. The molecule has 0 aliphatic heterocycles. The van der Waals surface area contributed by atoms with Crippen LogP contribution in [0.5, 0.6) is 0 Å². The van der Waals surface area contributed by atoms with Crippen LogP contribution in [0.1, 0.15) is 41.1 Å². The van der Waals surface area contributed by atoms with Crippen molar-refractivity contribution in [2.45, 2.75) is 34.1 Å². The molecule has 0 fully saturated rings. The van der Waals surface area contributed by atoms with Gasteiger partial charge in [0.2, 0.25) is 5.91 Å². The summed E-state index contributed by atoms with van der Waals surface area (Å²) in [4.78, 5) is 24.6. The van der Waals surface area contributed by atoms with Crippen molar-refractivity contribution in [3.8, 4) is 11.1 Å². The van der Waals surface area contributed by atoms with Gasteiger partial charge in [-0.1, -0.05) is 43.7 Å². The first-order valence-electron chi connectivity index (χ1n) is 7.53. The van der Waals surface area contributed by atoms with E-state index in [1.165, 1.54) is 11.3 Å². The first kappa shape index (κ1) is 17.2. The van der Waals surface area contributed by atoms with Crippen LogP contribution in [0.25, 0.3) is 11.1 Å². The molecule has 2 rings (SSSR count). The van der Waals surface area contributed by atoms with E-state index in [2.05, 4.69) is 5.32 Å². The molecule has 0 aliphatic rings. The Labute approximate surface area is 140 Å². The number of aryl methyl sites for hydroxylation is 2. The lowest BCUT2D eigenvalue weighted by Gasteiger charge is -2.08. The number of nitrogens with one attached hydrogen (secondary N) is 1. The highest BCUT2D eigenvalue weighted by Crippen LogP contribution is 2.40. The molecule has 1 heterocycles. The van der Waals surface area contributed by atoms with Crippen molar-refractivity contribution in [1.29, 1.82) is 0 Å². The fourth-order valence-corrected chi connectivity index (χ4v) is 3.54. The summed E-state index contributed by atoms with van der Waals surface area (Å²) in [5.41, 5.74) is 2.82. The highest BCUT2D eigenvalue weighted by molar-refractivity contribution is 7.17. The van der Waals surface area contributed by atoms with Gasteiger partial charge in [-0.25, -0.2) is 4.79 Å². The normalized spacial score (nSPS) is 10.8. The SMILES string of the molecule is Cc1ccc(-c2c(C)sc(NC(=O)CC(C)C)c2C(=O)O)cc1. The maximum Gasteiger partial charge on any atom is 0.339 e.